The minimum atomic E-state index is -0.224. The summed E-state index contributed by atoms with van der Waals surface area (Å²) in [6.07, 6.45) is 6.35. The van der Waals surface area contributed by atoms with Crippen LogP contribution in [0.25, 0.3) is 6.08 Å². The molecule has 0 aliphatic carbocycles. The van der Waals surface area contributed by atoms with Gasteiger partial charge >= 0.3 is 0 Å². The van der Waals surface area contributed by atoms with Gasteiger partial charge in [0.25, 0.3) is 5.91 Å². The lowest BCUT2D eigenvalue weighted by atomic mass is 10.2. The molecule has 1 aromatic heterocycles. The largest absolute Gasteiger partial charge is 0.497 e. The fourth-order valence-electron chi connectivity index (χ4n) is 2.56. The zero-order chi connectivity index (χ0) is 20.5. The first-order chi connectivity index (χ1) is 14.1. The summed E-state index contributed by atoms with van der Waals surface area (Å²) >= 11 is 0. The molecule has 1 heterocycles. The van der Waals surface area contributed by atoms with Crippen molar-refractivity contribution in [1.82, 2.24) is 10.3 Å². The Morgan fingerprint density at radius 1 is 1.03 bits per heavy atom. The van der Waals surface area contributed by atoms with Gasteiger partial charge in [0.2, 0.25) is 5.91 Å². The van der Waals surface area contributed by atoms with E-state index < -0.39 is 0 Å². The lowest BCUT2D eigenvalue weighted by Gasteiger charge is -2.07. The van der Waals surface area contributed by atoms with Gasteiger partial charge in [0.05, 0.1) is 12.7 Å². The van der Waals surface area contributed by atoms with Crippen molar-refractivity contribution in [3.8, 4) is 5.75 Å². The predicted octanol–water partition coefficient (Wildman–Crippen LogP) is 3.67. The van der Waals surface area contributed by atoms with E-state index in [1.165, 1.54) is 12.3 Å². The van der Waals surface area contributed by atoms with Crippen LogP contribution < -0.4 is 15.4 Å². The number of nitrogens with one attached hydrogen (secondary N) is 2. The highest BCUT2D eigenvalue weighted by molar-refractivity contribution is 6.01. The number of benzene rings is 2. The molecule has 0 saturated heterocycles. The number of amides is 2. The number of nitrogens with zero attached hydrogens (tertiary/aromatic N) is 1. The molecule has 0 atom stereocenters. The lowest BCUT2D eigenvalue weighted by molar-refractivity contribution is -0.111. The number of hydrogen-bond donors (Lipinski definition) is 2. The summed E-state index contributed by atoms with van der Waals surface area (Å²) in [5.74, 6) is 0.362. The van der Waals surface area contributed by atoms with Gasteiger partial charge in [-0.1, -0.05) is 24.3 Å². The molecule has 29 heavy (non-hydrogen) atoms. The van der Waals surface area contributed by atoms with Gasteiger partial charge in [0.1, 0.15) is 5.75 Å². The van der Waals surface area contributed by atoms with E-state index >= 15 is 0 Å². The van der Waals surface area contributed by atoms with Crippen molar-refractivity contribution in [1.29, 1.82) is 0 Å². The van der Waals surface area contributed by atoms with E-state index in [-0.39, 0.29) is 11.8 Å². The molecule has 2 N–H and O–H groups in total. The molecule has 0 spiro atoms. The van der Waals surface area contributed by atoms with Crippen LogP contribution in [0.15, 0.2) is 79.1 Å². The van der Waals surface area contributed by atoms with Crippen molar-refractivity contribution < 1.29 is 14.3 Å². The zero-order valence-electron chi connectivity index (χ0n) is 16.0. The van der Waals surface area contributed by atoms with Gasteiger partial charge in [-0.15, -0.1) is 0 Å². The van der Waals surface area contributed by atoms with E-state index in [1.807, 2.05) is 36.4 Å². The van der Waals surface area contributed by atoms with Crippen LogP contribution in [-0.4, -0.2) is 23.9 Å². The second kappa shape index (κ2) is 9.85. The molecule has 146 valence electrons. The third-order valence-electron chi connectivity index (χ3n) is 4.14. The van der Waals surface area contributed by atoms with E-state index in [9.17, 15) is 9.59 Å². The van der Waals surface area contributed by atoms with Gasteiger partial charge in [0, 0.05) is 30.7 Å². The first kappa shape index (κ1) is 19.8. The monoisotopic (exact) mass is 387 g/mol. The Morgan fingerprint density at radius 3 is 2.45 bits per heavy atom. The summed E-state index contributed by atoms with van der Waals surface area (Å²) in [5.41, 5.74) is 3.02. The number of carbonyl (C=O) groups is 2. The SMILES string of the molecule is COc1ccc(/C=C/C(=O)Nc2ccc(CNC(=O)c3cccnc3)cc2)cc1. The smallest absolute Gasteiger partial charge is 0.253 e. The topological polar surface area (TPSA) is 80.3 Å². The number of aromatic nitrogens is 1. The van der Waals surface area contributed by atoms with Gasteiger partial charge in [-0.3, -0.25) is 14.6 Å². The molecule has 2 aromatic carbocycles. The maximum Gasteiger partial charge on any atom is 0.253 e. The molecule has 0 unspecified atom stereocenters. The highest BCUT2D eigenvalue weighted by Gasteiger charge is 2.05. The minimum absolute atomic E-state index is 0.181. The number of hydrogen-bond acceptors (Lipinski definition) is 4. The van der Waals surface area contributed by atoms with Crippen molar-refractivity contribution in [2.24, 2.45) is 0 Å². The maximum atomic E-state index is 12.1. The van der Waals surface area contributed by atoms with Crippen molar-refractivity contribution in [3.05, 3.63) is 95.8 Å². The third-order valence-corrected chi connectivity index (χ3v) is 4.14. The third kappa shape index (κ3) is 6.04. The Hall–Kier alpha value is -3.93. The Kier molecular flexibility index (Phi) is 6.73. The van der Waals surface area contributed by atoms with Gasteiger partial charge in [-0.25, -0.2) is 0 Å². The molecule has 2 amide bonds. The number of ether oxygens (including phenoxy) is 1. The summed E-state index contributed by atoms with van der Waals surface area (Å²) in [7, 11) is 1.61. The fraction of sp³-hybridized carbons (Fsp3) is 0.0870. The number of pyridine rings is 1. The standard InChI is InChI=1S/C23H21N3O3/c1-29-21-11-6-17(7-12-21)8-13-22(27)26-20-9-4-18(5-10-20)15-25-23(28)19-3-2-14-24-16-19/h2-14,16H,15H2,1H3,(H,25,28)(H,26,27)/b13-8+. The molecule has 0 radical (unpaired) electrons. The molecule has 6 nitrogen and oxygen atoms in total. The van der Waals surface area contributed by atoms with Crippen molar-refractivity contribution >= 4 is 23.6 Å². The van der Waals surface area contributed by atoms with Gasteiger partial charge in [-0.05, 0) is 53.6 Å². The van der Waals surface area contributed by atoms with Gasteiger partial charge in [-0.2, -0.15) is 0 Å². The number of anilines is 1. The average molecular weight is 387 g/mol. The number of methoxy groups -OCH3 is 1. The summed E-state index contributed by atoms with van der Waals surface area (Å²) in [6, 6.07) is 18.1. The fourth-order valence-corrected chi connectivity index (χ4v) is 2.56. The van der Waals surface area contributed by atoms with Crippen molar-refractivity contribution in [3.63, 3.8) is 0 Å². The number of rotatable bonds is 7. The van der Waals surface area contributed by atoms with Crippen LogP contribution in [-0.2, 0) is 11.3 Å². The molecule has 3 rings (SSSR count). The van der Waals surface area contributed by atoms with Crippen LogP contribution in [0.1, 0.15) is 21.5 Å². The van der Waals surface area contributed by atoms with E-state index in [2.05, 4.69) is 15.6 Å². The highest BCUT2D eigenvalue weighted by atomic mass is 16.5. The Bertz CT molecular complexity index is 982. The maximum absolute atomic E-state index is 12.1. The first-order valence-corrected chi connectivity index (χ1v) is 9.04. The molecular weight excluding hydrogens is 366 g/mol. The van der Waals surface area contributed by atoms with Crippen LogP contribution in [0.4, 0.5) is 5.69 Å². The molecule has 0 aliphatic heterocycles. The first-order valence-electron chi connectivity index (χ1n) is 9.04. The summed E-state index contributed by atoms with van der Waals surface area (Å²) in [6.45, 7) is 0.388. The quantitative estimate of drug-likeness (QED) is 0.606. The zero-order valence-corrected chi connectivity index (χ0v) is 16.0. The van der Waals surface area contributed by atoms with E-state index in [4.69, 9.17) is 4.74 Å². The lowest BCUT2D eigenvalue weighted by Crippen LogP contribution is -2.22. The second-order valence-electron chi connectivity index (χ2n) is 6.22. The molecule has 6 heteroatoms. The second-order valence-corrected chi connectivity index (χ2v) is 6.22. The number of carbonyl (C=O) groups excluding carboxylic acids is 2. The molecule has 0 fully saturated rings. The average Bonchev–Trinajstić information content (AvgIpc) is 2.78. The Morgan fingerprint density at radius 2 is 1.79 bits per heavy atom. The Labute approximate surface area is 169 Å². The summed E-state index contributed by atoms with van der Waals surface area (Å²) in [5, 5.41) is 5.64. The van der Waals surface area contributed by atoms with Crippen LogP contribution in [0.2, 0.25) is 0 Å². The van der Waals surface area contributed by atoms with Crippen LogP contribution >= 0.6 is 0 Å². The molecule has 0 aliphatic rings. The normalized spacial score (nSPS) is 10.5. The van der Waals surface area contributed by atoms with E-state index in [0.29, 0.717) is 17.8 Å². The van der Waals surface area contributed by atoms with Crippen LogP contribution in [0.3, 0.4) is 0 Å². The minimum Gasteiger partial charge on any atom is -0.497 e. The van der Waals surface area contributed by atoms with Crippen molar-refractivity contribution in [2.75, 3.05) is 12.4 Å². The predicted molar refractivity (Wildman–Crippen MR) is 113 cm³/mol. The summed E-state index contributed by atoms with van der Waals surface area (Å²) < 4.78 is 5.11. The molecule has 0 saturated carbocycles. The molecule has 3 aromatic rings. The molecule has 0 bridgehead atoms. The van der Waals surface area contributed by atoms with Crippen LogP contribution in [0, 0.1) is 0 Å². The summed E-state index contributed by atoms with van der Waals surface area (Å²) in [4.78, 5) is 28.0. The van der Waals surface area contributed by atoms with Gasteiger partial charge in [0.15, 0.2) is 0 Å². The Balaban J connectivity index is 1.49. The van der Waals surface area contributed by atoms with Crippen molar-refractivity contribution in [2.45, 2.75) is 6.54 Å². The van der Waals surface area contributed by atoms with E-state index in [0.717, 1.165) is 16.9 Å². The molecular formula is C23H21N3O3. The highest BCUT2D eigenvalue weighted by Crippen LogP contribution is 2.13. The van der Waals surface area contributed by atoms with Gasteiger partial charge < -0.3 is 15.4 Å². The van der Waals surface area contributed by atoms with E-state index in [1.54, 1.807) is 43.6 Å². The van der Waals surface area contributed by atoms with Crippen LogP contribution in [0.5, 0.6) is 5.75 Å².